The SMILES string of the molecule is C=C/C(=C\C(=C/C)c1ccc2[nH]nc(-c3nc4nccc(-c5ccccc5)c4[nH]3)c2n1)NC(=C)CC(C)(C)C. The van der Waals surface area contributed by atoms with E-state index < -0.39 is 0 Å². The molecule has 7 nitrogen and oxygen atoms in total. The predicted octanol–water partition coefficient (Wildman–Crippen LogP) is 7.58. The first-order valence-corrected chi connectivity index (χ1v) is 13.0. The molecule has 0 spiro atoms. The van der Waals surface area contributed by atoms with E-state index in [9.17, 15) is 0 Å². The quantitative estimate of drug-likeness (QED) is 0.185. The van der Waals surface area contributed by atoms with Crippen LogP contribution in [-0.4, -0.2) is 30.1 Å². The van der Waals surface area contributed by atoms with Gasteiger partial charge in [-0.1, -0.05) is 70.3 Å². The second-order valence-corrected chi connectivity index (χ2v) is 10.7. The first kappa shape index (κ1) is 25.9. The molecule has 0 bridgehead atoms. The van der Waals surface area contributed by atoms with Crippen molar-refractivity contribution in [3.05, 3.63) is 103 Å². The van der Waals surface area contributed by atoms with Crippen molar-refractivity contribution in [3.8, 4) is 22.6 Å². The summed E-state index contributed by atoms with van der Waals surface area (Å²) in [6.45, 7) is 16.7. The van der Waals surface area contributed by atoms with Gasteiger partial charge in [0, 0.05) is 23.2 Å². The molecule has 0 unspecified atom stereocenters. The van der Waals surface area contributed by atoms with E-state index in [1.165, 1.54) is 0 Å². The van der Waals surface area contributed by atoms with E-state index in [4.69, 9.17) is 9.97 Å². The highest BCUT2D eigenvalue weighted by atomic mass is 15.2. The van der Waals surface area contributed by atoms with Gasteiger partial charge in [0.1, 0.15) is 5.52 Å². The van der Waals surface area contributed by atoms with Gasteiger partial charge in [0.05, 0.1) is 16.7 Å². The highest BCUT2D eigenvalue weighted by molar-refractivity contribution is 5.95. The van der Waals surface area contributed by atoms with Gasteiger partial charge in [0.15, 0.2) is 17.2 Å². The number of imidazole rings is 1. The van der Waals surface area contributed by atoms with Crippen molar-refractivity contribution in [2.45, 2.75) is 34.1 Å². The van der Waals surface area contributed by atoms with Gasteiger partial charge in [0.25, 0.3) is 0 Å². The number of allylic oxidation sites excluding steroid dienone is 5. The number of benzene rings is 1. The Hall–Kier alpha value is -4.78. The number of nitrogens with one attached hydrogen (secondary N) is 3. The van der Waals surface area contributed by atoms with Gasteiger partial charge < -0.3 is 10.3 Å². The van der Waals surface area contributed by atoms with Crippen LogP contribution in [0.2, 0.25) is 0 Å². The second kappa shape index (κ2) is 10.5. The van der Waals surface area contributed by atoms with Gasteiger partial charge >= 0.3 is 0 Å². The number of aromatic nitrogens is 6. The third-order valence-electron chi connectivity index (χ3n) is 6.31. The molecule has 0 aliphatic rings. The maximum atomic E-state index is 4.99. The third kappa shape index (κ3) is 5.57. The smallest absolute Gasteiger partial charge is 0.178 e. The van der Waals surface area contributed by atoms with Crippen LogP contribution in [-0.2, 0) is 0 Å². The van der Waals surface area contributed by atoms with Crippen LogP contribution in [0.5, 0.6) is 0 Å². The number of hydrogen-bond acceptors (Lipinski definition) is 5. The molecule has 0 amide bonds. The van der Waals surface area contributed by atoms with Crippen LogP contribution >= 0.6 is 0 Å². The maximum Gasteiger partial charge on any atom is 0.178 e. The number of hydrogen-bond donors (Lipinski definition) is 3. The Labute approximate surface area is 228 Å². The molecule has 7 heteroatoms. The fraction of sp³-hybridized carbons (Fsp3) is 0.188. The summed E-state index contributed by atoms with van der Waals surface area (Å²) in [7, 11) is 0. The molecule has 4 aromatic heterocycles. The minimum Gasteiger partial charge on any atom is -0.359 e. The summed E-state index contributed by atoms with van der Waals surface area (Å²) in [5, 5.41) is 11.0. The van der Waals surface area contributed by atoms with Gasteiger partial charge in [-0.25, -0.2) is 15.0 Å². The molecule has 1 aromatic carbocycles. The van der Waals surface area contributed by atoms with Gasteiger partial charge in [-0.3, -0.25) is 5.10 Å². The van der Waals surface area contributed by atoms with E-state index in [0.29, 0.717) is 17.2 Å². The van der Waals surface area contributed by atoms with Gasteiger partial charge in [-0.05, 0) is 60.2 Å². The van der Waals surface area contributed by atoms with Gasteiger partial charge in [-0.15, -0.1) is 0 Å². The molecule has 196 valence electrons. The Kier molecular flexibility index (Phi) is 6.98. The lowest BCUT2D eigenvalue weighted by Gasteiger charge is -2.21. The van der Waals surface area contributed by atoms with Crippen LogP contribution < -0.4 is 5.32 Å². The van der Waals surface area contributed by atoms with E-state index in [-0.39, 0.29) is 5.41 Å². The van der Waals surface area contributed by atoms with Crippen LogP contribution in [0, 0.1) is 5.41 Å². The number of H-pyrrole nitrogens is 2. The molecule has 0 fully saturated rings. The number of rotatable bonds is 8. The first-order chi connectivity index (χ1) is 18.8. The Balaban J connectivity index is 1.51. The minimum atomic E-state index is 0.137. The second-order valence-electron chi connectivity index (χ2n) is 10.7. The summed E-state index contributed by atoms with van der Waals surface area (Å²) in [6, 6.07) is 16.2. The van der Waals surface area contributed by atoms with E-state index in [2.05, 4.69) is 71.5 Å². The Bertz CT molecular complexity index is 1730. The monoisotopic (exact) mass is 515 g/mol. The fourth-order valence-electron chi connectivity index (χ4n) is 4.61. The number of fused-ring (bicyclic) bond motifs is 2. The zero-order chi connectivity index (χ0) is 27.6. The van der Waals surface area contributed by atoms with Crippen molar-refractivity contribution >= 4 is 27.8 Å². The normalized spacial score (nSPS) is 12.7. The molecule has 5 aromatic rings. The third-order valence-corrected chi connectivity index (χ3v) is 6.31. The highest BCUT2D eigenvalue weighted by Crippen LogP contribution is 2.31. The molecule has 0 saturated heterocycles. The molecule has 3 N–H and O–H groups in total. The highest BCUT2D eigenvalue weighted by Gasteiger charge is 2.18. The van der Waals surface area contributed by atoms with Crippen molar-refractivity contribution < 1.29 is 0 Å². The summed E-state index contributed by atoms with van der Waals surface area (Å²) < 4.78 is 0. The van der Waals surface area contributed by atoms with Crippen molar-refractivity contribution in [1.29, 1.82) is 0 Å². The Morgan fingerprint density at radius 1 is 1.05 bits per heavy atom. The van der Waals surface area contributed by atoms with Crippen LogP contribution in [0.15, 0.2) is 97.5 Å². The molecule has 0 aliphatic heterocycles. The van der Waals surface area contributed by atoms with E-state index in [1.54, 1.807) is 12.3 Å². The Morgan fingerprint density at radius 2 is 1.85 bits per heavy atom. The van der Waals surface area contributed by atoms with Gasteiger partial charge in [-0.2, -0.15) is 5.10 Å². The summed E-state index contributed by atoms with van der Waals surface area (Å²) in [6.07, 6.45) is 8.49. The first-order valence-electron chi connectivity index (χ1n) is 13.0. The van der Waals surface area contributed by atoms with Crippen LogP contribution in [0.25, 0.3) is 50.4 Å². The van der Waals surface area contributed by atoms with Gasteiger partial charge in [0.2, 0.25) is 0 Å². The molecule has 0 atom stereocenters. The van der Waals surface area contributed by atoms with E-state index >= 15 is 0 Å². The number of nitrogens with zero attached hydrogens (tertiary/aromatic N) is 4. The number of pyridine rings is 2. The van der Waals surface area contributed by atoms with E-state index in [0.717, 1.165) is 56.8 Å². The molecular weight excluding hydrogens is 482 g/mol. The number of aromatic amines is 2. The van der Waals surface area contributed by atoms with Crippen LogP contribution in [0.3, 0.4) is 0 Å². The summed E-state index contributed by atoms with van der Waals surface area (Å²) >= 11 is 0. The molecule has 0 radical (unpaired) electrons. The van der Waals surface area contributed by atoms with Crippen molar-refractivity contribution in [2.75, 3.05) is 0 Å². The summed E-state index contributed by atoms with van der Waals surface area (Å²) in [5.74, 6) is 0.612. The van der Waals surface area contributed by atoms with Crippen molar-refractivity contribution in [2.24, 2.45) is 5.41 Å². The summed E-state index contributed by atoms with van der Waals surface area (Å²) in [4.78, 5) is 17.7. The lowest BCUT2D eigenvalue weighted by Crippen LogP contribution is -2.16. The largest absolute Gasteiger partial charge is 0.359 e. The minimum absolute atomic E-state index is 0.137. The predicted molar refractivity (Wildman–Crippen MR) is 160 cm³/mol. The fourth-order valence-corrected chi connectivity index (χ4v) is 4.61. The Morgan fingerprint density at radius 3 is 2.56 bits per heavy atom. The van der Waals surface area contributed by atoms with Crippen molar-refractivity contribution in [1.82, 2.24) is 35.5 Å². The molecule has 0 saturated carbocycles. The average Bonchev–Trinajstić information content (AvgIpc) is 3.54. The lowest BCUT2D eigenvalue weighted by atomic mass is 9.91. The lowest BCUT2D eigenvalue weighted by molar-refractivity contribution is 0.403. The van der Waals surface area contributed by atoms with E-state index in [1.807, 2.05) is 55.5 Å². The standard InChI is InChI=1S/C32H33N7/c1-7-21(18-23(8-2)34-20(3)19-32(4,5)6)25-14-15-26-28(35-25)29(39-38-26)31-36-27-24(16-17-33-30(27)37-31)22-12-10-9-11-13-22/h7-18,34H,2-3,19H2,1,4-6H3,(H,38,39)(H,33,36,37)/b21-7+,23-18+. The molecule has 39 heavy (non-hydrogen) atoms. The van der Waals surface area contributed by atoms with Crippen molar-refractivity contribution in [3.63, 3.8) is 0 Å². The molecular formula is C32H33N7. The topological polar surface area (TPSA) is 95.2 Å². The molecule has 5 rings (SSSR count). The molecule has 0 aliphatic carbocycles. The zero-order valence-corrected chi connectivity index (χ0v) is 22.8. The molecule has 4 heterocycles. The van der Waals surface area contributed by atoms with Crippen LogP contribution in [0.1, 0.15) is 39.8 Å². The zero-order valence-electron chi connectivity index (χ0n) is 22.8. The maximum absolute atomic E-state index is 4.99. The summed E-state index contributed by atoms with van der Waals surface area (Å²) in [5.41, 5.74) is 9.52. The average molecular weight is 516 g/mol. The van der Waals surface area contributed by atoms with Crippen LogP contribution in [0.4, 0.5) is 0 Å².